The highest BCUT2D eigenvalue weighted by molar-refractivity contribution is 5.81. The summed E-state index contributed by atoms with van der Waals surface area (Å²) in [7, 11) is 0. The summed E-state index contributed by atoms with van der Waals surface area (Å²) in [5.74, 6) is -0.108. The molecule has 0 aliphatic heterocycles. The van der Waals surface area contributed by atoms with E-state index in [-0.39, 0.29) is 5.97 Å². The van der Waals surface area contributed by atoms with E-state index >= 15 is 0 Å². The maximum absolute atomic E-state index is 12.6. The van der Waals surface area contributed by atoms with Crippen molar-refractivity contribution in [3.05, 3.63) is 35.9 Å². The monoisotopic (exact) mass is 289 g/mol. The van der Waals surface area contributed by atoms with Crippen LogP contribution in [0.15, 0.2) is 30.3 Å². The van der Waals surface area contributed by atoms with E-state index in [1.54, 1.807) is 0 Å². The lowest BCUT2D eigenvalue weighted by Crippen LogP contribution is -2.57. The second-order valence-corrected chi connectivity index (χ2v) is 5.94. The maximum atomic E-state index is 12.6. The van der Waals surface area contributed by atoms with Crippen molar-refractivity contribution < 1.29 is 9.53 Å². The SMILES string of the molecule is CCOC(=O)C(CC)(Cc1ccccc1)NC1CCCC1. The number of hydrogen-bond acceptors (Lipinski definition) is 3. The van der Waals surface area contributed by atoms with Gasteiger partial charge in [0.25, 0.3) is 0 Å². The third kappa shape index (κ3) is 4.07. The molecule has 21 heavy (non-hydrogen) atoms. The van der Waals surface area contributed by atoms with E-state index in [1.807, 2.05) is 25.1 Å². The molecule has 2 rings (SSSR count). The van der Waals surface area contributed by atoms with Crippen molar-refractivity contribution in [3.63, 3.8) is 0 Å². The molecule has 1 aromatic rings. The highest BCUT2D eigenvalue weighted by atomic mass is 16.5. The molecule has 1 atom stereocenters. The van der Waals surface area contributed by atoms with E-state index < -0.39 is 5.54 Å². The van der Waals surface area contributed by atoms with Crippen LogP contribution in [0.1, 0.15) is 51.5 Å². The minimum atomic E-state index is -0.591. The Morgan fingerprint density at radius 2 is 1.90 bits per heavy atom. The van der Waals surface area contributed by atoms with Gasteiger partial charge < -0.3 is 4.74 Å². The first-order valence-electron chi connectivity index (χ1n) is 8.19. The number of esters is 1. The summed E-state index contributed by atoms with van der Waals surface area (Å²) in [5, 5.41) is 3.64. The molecule has 0 amide bonds. The molecule has 0 radical (unpaired) electrons. The molecule has 1 aliphatic rings. The van der Waals surface area contributed by atoms with Gasteiger partial charge in [0.05, 0.1) is 6.61 Å². The number of rotatable bonds is 7. The van der Waals surface area contributed by atoms with E-state index in [0.717, 1.165) is 19.3 Å². The molecule has 1 aliphatic carbocycles. The Bertz CT molecular complexity index is 440. The molecule has 3 nitrogen and oxygen atoms in total. The molecule has 0 spiro atoms. The Hall–Kier alpha value is -1.35. The van der Waals surface area contributed by atoms with Gasteiger partial charge in [-0.15, -0.1) is 0 Å². The van der Waals surface area contributed by atoms with Crippen molar-refractivity contribution in [1.29, 1.82) is 0 Å². The van der Waals surface area contributed by atoms with Gasteiger partial charge in [0.2, 0.25) is 0 Å². The zero-order chi connectivity index (χ0) is 15.1. The van der Waals surface area contributed by atoms with Gasteiger partial charge in [0.1, 0.15) is 5.54 Å². The molecular weight excluding hydrogens is 262 g/mol. The second-order valence-electron chi connectivity index (χ2n) is 5.94. The molecule has 1 unspecified atom stereocenters. The quantitative estimate of drug-likeness (QED) is 0.781. The van der Waals surface area contributed by atoms with Crippen LogP contribution < -0.4 is 5.32 Å². The van der Waals surface area contributed by atoms with Crippen molar-refractivity contribution in [1.82, 2.24) is 5.32 Å². The summed E-state index contributed by atoms with van der Waals surface area (Å²) in [5.41, 5.74) is 0.588. The Balaban J connectivity index is 2.19. The molecule has 1 fully saturated rings. The van der Waals surface area contributed by atoms with E-state index in [2.05, 4.69) is 24.4 Å². The van der Waals surface area contributed by atoms with Gasteiger partial charge in [-0.25, -0.2) is 0 Å². The lowest BCUT2D eigenvalue weighted by atomic mass is 9.87. The molecule has 1 aromatic carbocycles. The fourth-order valence-corrected chi connectivity index (χ4v) is 3.23. The van der Waals surface area contributed by atoms with Crippen molar-refractivity contribution in [2.24, 2.45) is 0 Å². The predicted octanol–water partition coefficient (Wildman–Crippen LogP) is 3.47. The van der Waals surface area contributed by atoms with Crippen LogP contribution >= 0.6 is 0 Å². The van der Waals surface area contributed by atoms with Gasteiger partial charge in [-0.2, -0.15) is 0 Å². The molecule has 0 bridgehead atoms. The molecule has 116 valence electrons. The van der Waals surface area contributed by atoms with E-state index in [9.17, 15) is 4.79 Å². The molecule has 0 saturated heterocycles. The Labute approximate surface area is 128 Å². The molecule has 1 saturated carbocycles. The van der Waals surface area contributed by atoms with Gasteiger partial charge >= 0.3 is 5.97 Å². The summed E-state index contributed by atoms with van der Waals surface area (Å²) >= 11 is 0. The summed E-state index contributed by atoms with van der Waals surface area (Å²) < 4.78 is 5.38. The van der Waals surface area contributed by atoms with Gasteiger partial charge in [0.15, 0.2) is 0 Å². The highest BCUT2D eigenvalue weighted by Crippen LogP contribution is 2.26. The average Bonchev–Trinajstić information content (AvgIpc) is 3.00. The molecular formula is C18H27NO2. The summed E-state index contributed by atoms with van der Waals surface area (Å²) in [6.07, 6.45) is 6.28. The van der Waals surface area contributed by atoms with E-state index in [1.165, 1.54) is 18.4 Å². The van der Waals surface area contributed by atoms with Gasteiger partial charge in [-0.1, -0.05) is 50.1 Å². The van der Waals surface area contributed by atoms with Crippen LogP contribution in [0.4, 0.5) is 0 Å². The number of ether oxygens (including phenoxy) is 1. The minimum absolute atomic E-state index is 0.108. The fourth-order valence-electron chi connectivity index (χ4n) is 3.23. The van der Waals surface area contributed by atoms with Gasteiger partial charge in [-0.05, 0) is 31.7 Å². The van der Waals surface area contributed by atoms with Crippen LogP contribution in [0.3, 0.4) is 0 Å². The zero-order valence-electron chi connectivity index (χ0n) is 13.2. The Kier molecular flexibility index (Phi) is 5.80. The fraction of sp³-hybridized carbons (Fsp3) is 0.611. The van der Waals surface area contributed by atoms with E-state index in [4.69, 9.17) is 4.74 Å². The third-order valence-electron chi connectivity index (χ3n) is 4.45. The number of carbonyl (C=O) groups is 1. The minimum Gasteiger partial charge on any atom is -0.465 e. The summed E-state index contributed by atoms with van der Waals surface area (Å²) in [6, 6.07) is 10.7. The van der Waals surface area contributed by atoms with Crippen molar-refractivity contribution >= 4 is 5.97 Å². The van der Waals surface area contributed by atoms with Crippen molar-refractivity contribution in [2.75, 3.05) is 6.61 Å². The lowest BCUT2D eigenvalue weighted by Gasteiger charge is -2.34. The van der Waals surface area contributed by atoms with Crippen LogP contribution in [0.5, 0.6) is 0 Å². The van der Waals surface area contributed by atoms with Crippen LogP contribution in [-0.2, 0) is 16.0 Å². The topological polar surface area (TPSA) is 38.3 Å². The smallest absolute Gasteiger partial charge is 0.326 e. The van der Waals surface area contributed by atoms with Crippen molar-refractivity contribution in [2.45, 2.75) is 64.0 Å². The first kappa shape index (κ1) is 16.0. The molecule has 1 N–H and O–H groups in total. The number of nitrogens with one attached hydrogen (secondary N) is 1. The molecule has 0 aromatic heterocycles. The largest absolute Gasteiger partial charge is 0.465 e. The van der Waals surface area contributed by atoms with Crippen LogP contribution in [0.2, 0.25) is 0 Å². The maximum Gasteiger partial charge on any atom is 0.326 e. The standard InChI is InChI=1S/C18H27NO2/c1-3-18(17(20)21-4-2,19-16-12-8-9-13-16)14-15-10-6-5-7-11-15/h5-7,10-11,16,19H,3-4,8-9,12-14H2,1-2H3. The van der Waals surface area contributed by atoms with Crippen LogP contribution in [-0.4, -0.2) is 24.2 Å². The first-order valence-corrected chi connectivity index (χ1v) is 8.19. The Morgan fingerprint density at radius 3 is 2.48 bits per heavy atom. The normalized spacial score (nSPS) is 18.4. The third-order valence-corrected chi connectivity index (χ3v) is 4.45. The summed E-state index contributed by atoms with van der Waals surface area (Å²) in [6.45, 7) is 4.37. The molecule has 3 heteroatoms. The average molecular weight is 289 g/mol. The summed E-state index contributed by atoms with van der Waals surface area (Å²) in [4.78, 5) is 12.6. The zero-order valence-corrected chi connectivity index (χ0v) is 13.2. The number of hydrogen-bond donors (Lipinski definition) is 1. The second kappa shape index (κ2) is 7.60. The Morgan fingerprint density at radius 1 is 1.24 bits per heavy atom. The van der Waals surface area contributed by atoms with Crippen LogP contribution in [0, 0.1) is 0 Å². The lowest BCUT2D eigenvalue weighted by molar-refractivity contribution is -0.152. The van der Waals surface area contributed by atoms with Crippen LogP contribution in [0.25, 0.3) is 0 Å². The first-order chi connectivity index (χ1) is 10.2. The van der Waals surface area contributed by atoms with E-state index in [0.29, 0.717) is 19.1 Å². The van der Waals surface area contributed by atoms with Crippen molar-refractivity contribution in [3.8, 4) is 0 Å². The molecule has 0 heterocycles. The number of carbonyl (C=O) groups excluding carboxylic acids is 1. The predicted molar refractivity (Wildman–Crippen MR) is 85.2 cm³/mol. The highest BCUT2D eigenvalue weighted by Gasteiger charge is 2.40. The van der Waals surface area contributed by atoms with Gasteiger partial charge in [-0.3, -0.25) is 10.1 Å². The number of benzene rings is 1. The van der Waals surface area contributed by atoms with Gasteiger partial charge in [0, 0.05) is 12.5 Å².